The number of hydrogen-bond donors (Lipinski definition) is 2. The molecular formula is C31H26N4O2. The van der Waals surface area contributed by atoms with Crippen molar-refractivity contribution in [2.75, 3.05) is 6.61 Å². The lowest BCUT2D eigenvalue weighted by Gasteiger charge is -2.16. The molecule has 0 saturated heterocycles. The minimum absolute atomic E-state index is 0.127. The fourth-order valence-electron chi connectivity index (χ4n) is 4.53. The van der Waals surface area contributed by atoms with Crippen LogP contribution in [-0.4, -0.2) is 27.8 Å². The maximum absolute atomic E-state index is 6.37. The van der Waals surface area contributed by atoms with E-state index in [1.165, 1.54) is 5.56 Å². The number of hydrogen-bond acceptors (Lipinski definition) is 5. The van der Waals surface area contributed by atoms with Crippen molar-refractivity contribution in [3.05, 3.63) is 115 Å². The van der Waals surface area contributed by atoms with Crippen molar-refractivity contribution in [1.82, 2.24) is 15.2 Å². The minimum atomic E-state index is -0.127. The van der Waals surface area contributed by atoms with Gasteiger partial charge in [0.05, 0.1) is 23.7 Å². The van der Waals surface area contributed by atoms with Crippen LogP contribution in [0.3, 0.4) is 0 Å². The smallest absolute Gasteiger partial charge is 0.154 e. The Morgan fingerprint density at radius 3 is 2.43 bits per heavy atom. The molecule has 0 fully saturated rings. The van der Waals surface area contributed by atoms with E-state index in [1.807, 2.05) is 60.7 Å². The van der Waals surface area contributed by atoms with E-state index in [2.05, 4.69) is 46.6 Å². The first kappa shape index (κ1) is 22.8. The van der Waals surface area contributed by atoms with Crippen LogP contribution in [0.25, 0.3) is 44.7 Å². The van der Waals surface area contributed by atoms with Gasteiger partial charge in [0.15, 0.2) is 5.76 Å². The standard InChI is InChI=1S/C31H26N4O2/c32-24(16-21-8-3-1-4-9-21)20-37-25-18-26(30(33-19-25)22-10-5-2-6-11-22)23-13-14-28-27(17-23)31(35-34-28)29-12-7-15-36-29/h1-15,17-19,24H,16,20,32H2,(H,34,35)/t24-/m0/s1. The number of aromatic nitrogens is 3. The topological polar surface area (TPSA) is 90.0 Å². The summed E-state index contributed by atoms with van der Waals surface area (Å²) in [6, 6.07) is 32.3. The minimum Gasteiger partial charge on any atom is -0.490 e. The van der Waals surface area contributed by atoms with E-state index < -0.39 is 0 Å². The number of ether oxygens (including phenoxy) is 1. The van der Waals surface area contributed by atoms with Crippen molar-refractivity contribution in [3.8, 4) is 39.6 Å². The first-order chi connectivity index (χ1) is 18.2. The predicted octanol–water partition coefficient (Wildman–Crippen LogP) is 6.50. The fourth-order valence-corrected chi connectivity index (χ4v) is 4.53. The number of nitrogens with zero attached hydrogens (tertiary/aromatic N) is 2. The van der Waals surface area contributed by atoms with E-state index in [9.17, 15) is 0 Å². The van der Waals surface area contributed by atoms with Crippen LogP contribution in [0.2, 0.25) is 0 Å². The van der Waals surface area contributed by atoms with Gasteiger partial charge in [-0.25, -0.2) is 0 Å². The molecule has 3 aromatic heterocycles. The van der Waals surface area contributed by atoms with Gasteiger partial charge in [-0.3, -0.25) is 10.1 Å². The number of pyridine rings is 1. The van der Waals surface area contributed by atoms with Crippen LogP contribution in [-0.2, 0) is 6.42 Å². The number of fused-ring (bicyclic) bond motifs is 1. The summed E-state index contributed by atoms with van der Waals surface area (Å²) in [6.45, 7) is 0.393. The van der Waals surface area contributed by atoms with Gasteiger partial charge < -0.3 is 14.9 Å². The second kappa shape index (κ2) is 10.1. The molecule has 0 aliphatic carbocycles. The molecule has 3 aromatic carbocycles. The molecule has 0 bridgehead atoms. The maximum Gasteiger partial charge on any atom is 0.154 e. The van der Waals surface area contributed by atoms with E-state index in [4.69, 9.17) is 19.9 Å². The number of nitrogens with one attached hydrogen (secondary N) is 1. The molecule has 37 heavy (non-hydrogen) atoms. The Bertz CT molecular complexity index is 1610. The first-order valence-corrected chi connectivity index (χ1v) is 12.2. The fraction of sp³-hybridized carbons (Fsp3) is 0.0968. The molecular weight excluding hydrogens is 460 g/mol. The number of nitrogens with two attached hydrogens (primary N) is 1. The van der Waals surface area contributed by atoms with Gasteiger partial charge in [-0.15, -0.1) is 0 Å². The normalized spacial score (nSPS) is 12.0. The van der Waals surface area contributed by atoms with E-state index in [0.29, 0.717) is 18.1 Å². The van der Waals surface area contributed by atoms with Crippen molar-refractivity contribution in [2.45, 2.75) is 12.5 Å². The second-order valence-corrected chi connectivity index (χ2v) is 9.00. The molecule has 0 unspecified atom stereocenters. The highest BCUT2D eigenvalue weighted by Gasteiger charge is 2.16. The molecule has 0 radical (unpaired) electrons. The molecule has 6 heteroatoms. The number of aromatic amines is 1. The SMILES string of the molecule is N[C@H](COc1cnc(-c2ccccc2)c(-c2ccc3[nH]nc(-c4ccco4)c3c2)c1)Cc1ccccc1. The lowest BCUT2D eigenvalue weighted by Crippen LogP contribution is -2.30. The second-order valence-electron chi connectivity index (χ2n) is 9.00. The average molecular weight is 487 g/mol. The lowest BCUT2D eigenvalue weighted by molar-refractivity contribution is 0.287. The Morgan fingerprint density at radius 2 is 1.65 bits per heavy atom. The van der Waals surface area contributed by atoms with Crippen molar-refractivity contribution in [3.63, 3.8) is 0 Å². The third kappa shape index (κ3) is 4.87. The van der Waals surface area contributed by atoms with Gasteiger partial charge in [-0.05, 0) is 47.9 Å². The predicted molar refractivity (Wildman–Crippen MR) is 146 cm³/mol. The summed E-state index contributed by atoms with van der Waals surface area (Å²) in [7, 11) is 0. The molecule has 3 heterocycles. The molecule has 182 valence electrons. The molecule has 3 N–H and O–H groups in total. The molecule has 6 aromatic rings. The third-order valence-electron chi connectivity index (χ3n) is 6.34. The summed E-state index contributed by atoms with van der Waals surface area (Å²) >= 11 is 0. The van der Waals surface area contributed by atoms with E-state index >= 15 is 0 Å². The molecule has 0 aliphatic rings. The highest BCUT2D eigenvalue weighted by Crippen LogP contribution is 2.36. The quantitative estimate of drug-likeness (QED) is 0.256. The van der Waals surface area contributed by atoms with Crippen molar-refractivity contribution < 1.29 is 9.15 Å². The molecule has 1 atom stereocenters. The summed E-state index contributed by atoms with van der Waals surface area (Å²) in [4.78, 5) is 4.82. The number of rotatable bonds is 8. The monoisotopic (exact) mass is 486 g/mol. The van der Waals surface area contributed by atoms with Crippen LogP contribution in [0, 0.1) is 0 Å². The van der Waals surface area contributed by atoms with Crippen LogP contribution >= 0.6 is 0 Å². The van der Waals surface area contributed by atoms with Crippen LogP contribution in [0.5, 0.6) is 5.75 Å². The molecule has 6 rings (SSSR count). The van der Waals surface area contributed by atoms with Gasteiger partial charge in [0, 0.05) is 22.6 Å². The Kier molecular flexibility index (Phi) is 6.23. The van der Waals surface area contributed by atoms with Gasteiger partial charge in [0.1, 0.15) is 18.1 Å². The lowest BCUT2D eigenvalue weighted by atomic mass is 9.97. The molecule has 0 aliphatic heterocycles. The largest absolute Gasteiger partial charge is 0.490 e. The van der Waals surface area contributed by atoms with E-state index in [1.54, 1.807) is 12.5 Å². The van der Waals surface area contributed by atoms with Crippen LogP contribution in [0.15, 0.2) is 114 Å². The van der Waals surface area contributed by atoms with Crippen LogP contribution in [0.1, 0.15) is 5.56 Å². The zero-order valence-corrected chi connectivity index (χ0v) is 20.2. The molecule has 0 saturated carbocycles. The van der Waals surface area contributed by atoms with E-state index in [-0.39, 0.29) is 6.04 Å². The van der Waals surface area contributed by atoms with Gasteiger partial charge in [-0.2, -0.15) is 5.10 Å². The average Bonchev–Trinajstić information content (AvgIpc) is 3.62. The molecule has 0 spiro atoms. The number of furan rings is 1. The van der Waals surface area contributed by atoms with Gasteiger partial charge in [0.25, 0.3) is 0 Å². The van der Waals surface area contributed by atoms with Gasteiger partial charge in [-0.1, -0.05) is 66.7 Å². The first-order valence-electron chi connectivity index (χ1n) is 12.2. The van der Waals surface area contributed by atoms with Crippen LogP contribution < -0.4 is 10.5 Å². The van der Waals surface area contributed by atoms with E-state index in [0.717, 1.165) is 45.4 Å². The number of H-pyrrole nitrogens is 1. The Labute approximate surface area is 214 Å². The van der Waals surface area contributed by atoms with Gasteiger partial charge >= 0.3 is 0 Å². The summed E-state index contributed by atoms with van der Waals surface area (Å²) in [5.41, 5.74) is 13.2. The third-order valence-corrected chi connectivity index (χ3v) is 6.34. The van der Waals surface area contributed by atoms with Crippen molar-refractivity contribution >= 4 is 10.9 Å². The highest BCUT2D eigenvalue weighted by molar-refractivity contribution is 5.96. The molecule has 6 nitrogen and oxygen atoms in total. The summed E-state index contributed by atoms with van der Waals surface area (Å²) in [6.07, 6.45) is 4.17. The van der Waals surface area contributed by atoms with Crippen LogP contribution in [0.4, 0.5) is 0 Å². The zero-order chi connectivity index (χ0) is 25.0. The Morgan fingerprint density at radius 1 is 0.838 bits per heavy atom. The zero-order valence-electron chi connectivity index (χ0n) is 20.2. The highest BCUT2D eigenvalue weighted by atomic mass is 16.5. The van der Waals surface area contributed by atoms with Crippen molar-refractivity contribution in [2.24, 2.45) is 5.73 Å². The maximum atomic E-state index is 6.37. The summed E-state index contributed by atoms with van der Waals surface area (Å²) in [5.74, 6) is 1.39. The van der Waals surface area contributed by atoms with Gasteiger partial charge in [0.2, 0.25) is 0 Å². The molecule has 0 amide bonds. The Hall–Kier alpha value is -4.68. The Balaban J connectivity index is 1.35. The summed E-state index contributed by atoms with van der Waals surface area (Å²) in [5, 5.41) is 8.56. The number of benzene rings is 3. The van der Waals surface area contributed by atoms with Crippen molar-refractivity contribution in [1.29, 1.82) is 0 Å². The summed E-state index contributed by atoms with van der Waals surface area (Å²) < 4.78 is 11.7.